The number of nitrogens with two attached hydrogens (primary N) is 1. The van der Waals surface area contributed by atoms with Gasteiger partial charge >= 0.3 is 0 Å². The van der Waals surface area contributed by atoms with Gasteiger partial charge in [0.2, 0.25) is 0 Å². The summed E-state index contributed by atoms with van der Waals surface area (Å²) in [4.78, 5) is 12.3. The molecule has 0 aliphatic heterocycles. The minimum Gasteiger partial charge on any atom is -0.325 e. The third-order valence-electron chi connectivity index (χ3n) is 7.26. The Hall–Kier alpha value is -0.370. The first-order valence-corrected chi connectivity index (χ1v) is 15.3. The molecule has 1 atom stereocenters. The van der Waals surface area contributed by atoms with Crippen LogP contribution in [-0.2, 0) is 4.79 Å². The van der Waals surface area contributed by atoms with Crippen LogP contribution in [0.1, 0.15) is 188 Å². The normalized spacial score (nSPS) is 13.3. The van der Waals surface area contributed by atoms with Crippen LogP contribution in [-0.4, -0.2) is 11.3 Å². The van der Waals surface area contributed by atoms with E-state index in [1.807, 2.05) is 0 Å². The molecule has 0 saturated heterocycles. The quantitative estimate of drug-likeness (QED) is 0.123. The van der Waals surface area contributed by atoms with Gasteiger partial charge in [-0.2, -0.15) is 0 Å². The molecule has 2 nitrogen and oxygen atoms in total. The predicted molar refractivity (Wildman–Crippen MR) is 149 cm³/mol. The van der Waals surface area contributed by atoms with Crippen molar-refractivity contribution >= 4 is 5.78 Å². The van der Waals surface area contributed by atoms with Crippen molar-refractivity contribution in [1.29, 1.82) is 0 Å². The van der Waals surface area contributed by atoms with Crippen molar-refractivity contribution in [2.45, 2.75) is 193 Å². The maximum absolute atomic E-state index is 12.3. The molecule has 0 bridgehead atoms. The van der Waals surface area contributed by atoms with Crippen molar-refractivity contribution in [3.05, 3.63) is 0 Å². The zero-order valence-electron chi connectivity index (χ0n) is 23.4. The standard InChI is InChI=1S/C31H63NO/c1-4-6-8-10-12-13-14-15-16-17-18-19-20-22-24-26-28-31(3,32)29-30(33)27-25-23-21-11-9-7-5-2/h4-29,32H2,1-3H3. The summed E-state index contributed by atoms with van der Waals surface area (Å²) < 4.78 is 0. The fourth-order valence-corrected chi connectivity index (χ4v) is 4.98. The molecule has 0 saturated carbocycles. The Labute approximate surface area is 209 Å². The zero-order chi connectivity index (χ0) is 24.5. The predicted octanol–water partition coefficient (Wildman–Crippen LogP) is 10.5. The molecule has 0 aromatic carbocycles. The lowest BCUT2D eigenvalue weighted by atomic mass is 9.88. The third-order valence-corrected chi connectivity index (χ3v) is 7.26. The van der Waals surface area contributed by atoms with Crippen molar-refractivity contribution in [3.63, 3.8) is 0 Å². The lowest BCUT2D eigenvalue weighted by Gasteiger charge is -2.23. The first-order chi connectivity index (χ1) is 16.0. The maximum atomic E-state index is 12.3. The van der Waals surface area contributed by atoms with Crippen LogP contribution in [0, 0.1) is 0 Å². The number of hydrogen-bond acceptors (Lipinski definition) is 2. The summed E-state index contributed by atoms with van der Waals surface area (Å²) in [6.45, 7) is 6.63. The molecule has 0 heterocycles. The largest absolute Gasteiger partial charge is 0.325 e. The first-order valence-electron chi connectivity index (χ1n) is 15.3. The highest BCUT2D eigenvalue weighted by Gasteiger charge is 2.21. The molecular weight excluding hydrogens is 402 g/mol. The van der Waals surface area contributed by atoms with E-state index in [9.17, 15) is 4.79 Å². The summed E-state index contributed by atoms with van der Waals surface area (Å²) in [7, 11) is 0. The molecule has 0 amide bonds. The Morgan fingerprint density at radius 3 is 1.18 bits per heavy atom. The van der Waals surface area contributed by atoms with Crippen LogP contribution in [0.25, 0.3) is 0 Å². The number of rotatable bonds is 27. The van der Waals surface area contributed by atoms with E-state index in [0.29, 0.717) is 12.2 Å². The number of carbonyl (C=O) groups excluding carboxylic acids is 1. The lowest BCUT2D eigenvalue weighted by Crippen LogP contribution is -2.38. The molecule has 0 fully saturated rings. The number of carbonyl (C=O) groups is 1. The Kier molecular flexibility index (Phi) is 24.5. The summed E-state index contributed by atoms with van der Waals surface area (Å²) in [5, 5.41) is 0. The van der Waals surface area contributed by atoms with Gasteiger partial charge in [-0.25, -0.2) is 0 Å². The molecule has 0 spiro atoms. The molecule has 0 aromatic rings. The summed E-state index contributed by atoms with van der Waals surface area (Å²) in [6, 6.07) is 0. The van der Waals surface area contributed by atoms with Gasteiger partial charge in [-0.05, 0) is 19.8 Å². The number of Topliss-reactive ketones (excluding diaryl/α,β-unsaturated/α-hetero) is 1. The maximum Gasteiger partial charge on any atom is 0.134 e. The van der Waals surface area contributed by atoms with E-state index in [4.69, 9.17) is 5.73 Å². The van der Waals surface area contributed by atoms with Crippen molar-refractivity contribution in [2.75, 3.05) is 0 Å². The second-order valence-electron chi connectivity index (χ2n) is 11.3. The van der Waals surface area contributed by atoms with Gasteiger partial charge in [-0.3, -0.25) is 4.79 Å². The summed E-state index contributed by atoms with van der Waals surface area (Å²) >= 11 is 0. The summed E-state index contributed by atoms with van der Waals surface area (Å²) in [5.74, 6) is 0.380. The van der Waals surface area contributed by atoms with E-state index in [1.54, 1.807) is 0 Å². The van der Waals surface area contributed by atoms with Crippen molar-refractivity contribution in [2.24, 2.45) is 5.73 Å². The van der Waals surface area contributed by atoms with E-state index >= 15 is 0 Å². The Morgan fingerprint density at radius 2 is 0.818 bits per heavy atom. The molecule has 1 unspecified atom stereocenters. The highest BCUT2D eigenvalue weighted by Crippen LogP contribution is 2.20. The van der Waals surface area contributed by atoms with Crippen molar-refractivity contribution in [1.82, 2.24) is 0 Å². The first kappa shape index (κ1) is 32.6. The SMILES string of the molecule is CCCCCCCCCCCCCCCCCCC(C)(N)CC(=O)CCCCCCCCC. The van der Waals surface area contributed by atoms with E-state index in [1.165, 1.54) is 141 Å². The zero-order valence-corrected chi connectivity index (χ0v) is 23.4. The molecule has 0 radical (unpaired) electrons. The van der Waals surface area contributed by atoms with E-state index < -0.39 is 0 Å². The minimum atomic E-state index is -0.297. The molecule has 33 heavy (non-hydrogen) atoms. The average molecular weight is 466 g/mol. The van der Waals surface area contributed by atoms with Crippen LogP contribution >= 0.6 is 0 Å². The highest BCUT2D eigenvalue weighted by atomic mass is 16.1. The lowest BCUT2D eigenvalue weighted by molar-refractivity contribution is -0.120. The van der Waals surface area contributed by atoms with Gasteiger partial charge in [0.15, 0.2) is 0 Å². The molecule has 0 aliphatic rings. The molecular formula is C31H63NO. The van der Waals surface area contributed by atoms with E-state index in [-0.39, 0.29) is 5.54 Å². The van der Waals surface area contributed by atoms with Crippen molar-refractivity contribution < 1.29 is 4.79 Å². The summed E-state index contributed by atoms with van der Waals surface area (Å²) in [5.41, 5.74) is 6.15. The van der Waals surface area contributed by atoms with Gasteiger partial charge in [0.25, 0.3) is 0 Å². The monoisotopic (exact) mass is 465 g/mol. The molecule has 0 aromatic heterocycles. The second kappa shape index (κ2) is 24.7. The fraction of sp³-hybridized carbons (Fsp3) is 0.968. The second-order valence-corrected chi connectivity index (χ2v) is 11.3. The molecule has 0 aliphatic carbocycles. The van der Waals surface area contributed by atoms with E-state index in [0.717, 1.165) is 19.3 Å². The summed E-state index contributed by atoms with van der Waals surface area (Å²) in [6.07, 6.45) is 33.5. The van der Waals surface area contributed by atoms with Gasteiger partial charge in [0.1, 0.15) is 5.78 Å². The smallest absolute Gasteiger partial charge is 0.134 e. The van der Waals surface area contributed by atoms with Crippen LogP contribution in [0.15, 0.2) is 0 Å². The fourth-order valence-electron chi connectivity index (χ4n) is 4.98. The van der Waals surface area contributed by atoms with Crippen LogP contribution in [0.2, 0.25) is 0 Å². The van der Waals surface area contributed by atoms with Gasteiger partial charge < -0.3 is 5.73 Å². The van der Waals surface area contributed by atoms with Crippen LogP contribution in [0.4, 0.5) is 0 Å². The molecule has 0 rings (SSSR count). The number of ketones is 1. The number of unbranched alkanes of at least 4 members (excludes halogenated alkanes) is 21. The van der Waals surface area contributed by atoms with Gasteiger partial charge in [0.05, 0.1) is 0 Å². The molecule has 2 heteroatoms. The third kappa shape index (κ3) is 26.1. The molecule has 198 valence electrons. The van der Waals surface area contributed by atoms with Crippen LogP contribution < -0.4 is 5.73 Å². The topological polar surface area (TPSA) is 43.1 Å². The minimum absolute atomic E-state index is 0.297. The Balaban J connectivity index is 3.40. The van der Waals surface area contributed by atoms with Crippen LogP contribution in [0.5, 0.6) is 0 Å². The Bertz CT molecular complexity index is 404. The van der Waals surface area contributed by atoms with Crippen molar-refractivity contribution in [3.8, 4) is 0 Å². The van der Waals surface area contributed by atoms with Crippen LogP contribution in [0.3, 0.4) is 0 Å². The molecule has 2 N–H and O–H groups in total. The number of hydrogen-bond donors (Lipinski definition) is 1. The Morgan fingerprint density at radius 1 is 0.515 bits per heavy atom. The van der Waals surface area contributed by atoms with Gasteiger partial charge in [0, 0.05) is 18.4 Å². The average Bonchev–Trinajstić information content (AvgIpc) is 2.77. The van der Waals surface area contributed by atoms with Gasteiger partial charge in [-0.1, -0.05) is 155 Å². The highest BCUT2D eigenvalue weighted by molar-refractivity contribution is 5.79. The van der Waals surface area contributed by atoms with E-state index in [2.05, 4.69) is 20.8 Å². The van der Waals surface area contributed by atoms with Gasteiger partial charge in [-0.15, -0.1) is 0 Å².